The maximum atomic E-state index is 12.0. The van der Waals surface area contributed by atoms with E-state index in [1.165, 1.54) is 11.3 Å². The van der Waals surface area contributed by atoms with Crippen molar-refractivity contribution in [2.75, 3.05) is 6.54 Å². The average molecular weight is 394 g/mol. The first-order valence-electron chi connectivity index (χ1n) is 8.77. The van der Waals surface area contributed by atoms with Crippen LogP contribution in [0, 0.1) is 0 Å². The summed E-state index contributed by atoms with van der Waals surface area (Å²) in [6, 6.07) is 0. The van der Waals surface area contributed by atoms with Gasteiger partial charge in [-0.05, 0) is 60.0 Å². The molecule has 1 fully saturated rings. The van der Waals surface area contributed by atoms with Crippen molar-refractivity contribution >= 4 is 36.9 Å². The molecular weight excluding hydrogens is 367 g/mol. The molecule has 1 saturated heterocycles. The summed E-state index contributed by atoms with van der Waals surface area (Å²) in [6.45, 7) is 13.4. The summed E-state index contributed by atoms with van der Waals surface area (Å²) in [7, 11) is -0.645. The van der Waals surface area contributed by atoms with Crippen LogP contribution in [0.25, 0.3) is 6.08 Å². The predicted octanol–water partition coefficient (Wildman–Crippen LogP) is 3.50. The fourth-order valence-corrected chi connectivity index (χ4v) is 2.99. The number of hydrogen-bond donors (Lipinski definition) is 1. The molecule has 9 heteroatoms. The smallest absolute Gasteiger partial charge is 0.444 e. The Hall–Kier alpha value is -1.71. The summed E-state index contributed by atoms with van der Waals surface area (Å²) in [5.41, 5.74) is -0.572. The molecule has 1 aromatic rings. The van der Waals surface area contributed by atoms with Crippen LogP contribution in [-0.2, 0) is 14.0 Å². The molecule has 1 aliphatic heterocycles. The first kappa shape index (κ1) is 21.6. The van der Waals surface area contributed by atoms with Gasteiger partial charge in [-0.2, -0.15) is 0 Å². The molecule has 0 spiro atoms. The summed E-state index contributed by atoms with van der Waals surface area (Å²) in [5, 5.41) is 5.03. The second-order valence-corrected chi connectivity index (χ2v) is 9.28. The number of carbonyl (C=O) groups excluding carboxylic acids is 2. The van der Waals surface area contributed by atoms with Gasteiger partial charge in [0.05, 0.1) is 11.2 Å². The van der Waals surface area contributed by atoms with E-state index in [0.717, 1.165) is 0 Å². The van der Waals surface area contributed by atoms with Gasteiger partial charge in [-0.1, -0.05) is 0 Å². The average Bonchev–Trinajstić information content (AvgIpc) is 3.03. The lowest BCUT2D eigenvalue weighted by Gasteiger charge is -2.32. The van der Waals surface area contributed by atoms with Crippen molar-refractivity contribution in [1.82, 2.24) is 10.3 Å². The SMILES string of the molecule is CC(C)(C)OC(=O)NCC(=Cc1nc(C=O)cs1)B1OC(C)(C)C(C)(C)O1. The van der Waals surface area contributed by atoms with Crippen molar-refractivity contribution in [2.45, 2.75) is 65.3 Å². The van der Waals surface area contributed by atoms with Gasteiger partial charge in [0.1, 0.15) is 16.3 Å². The summed E-state index contributed by atoms with van der Waals surface area (Å²) >= 11 is 1.33. The molecule has 0 aliphatic carbocycles. The quantitative estimate of drug-likeness (QED) is 0.608. The van der Waals surface area contributed by atoms with E-state index in [2.05, 4.69) is 10.3 Å². The van der Waals surface area contributed by atoms with Crippen LogP contribution in [0.1, 0.15) is 64.0 Å². The maximum Gasteiger partial charge on any atom is 0.492 e. The predicted molar refractivity (Wildman–Crippen MR) is 106 cm³/mol. The minimum absolute atomic E-state index is 0.168. The molecule has 0 saturated carbocycles. The lowest BCUT2D eigenvalue weighted by Crippen LogP contribution is -2.41. The van der Waals surface area contributed by atoms with Crippen LogP contribution < -0.4 is 5.32 Å². The van der Waals surface area contributed by atoms with Gasteiger partial charge in [-0.15, -0.1) is 11.3 Å². The van der Waals surface area contributed by atoms with E-state index < -0.39 is 30.0 Å². The zero-order valence-electron chi connectivity index (χ0n) is 16.9. The molecule has 0 radical (unpaired) electrons. The highest BCUT2D eigenvalue weighted by molar-refractivity contribution is 7.10. The van der Waals surface area contributed by atoms with Gasteiger partial charge < -0.3 is 19.4 Å². The Balaban J connectivity index is 2.21. The van der Waals surface area contributed by atoms with Crippen molar-refractivity contribution in [2.24, 2.45) is 0 Å². The molecular formula is C18H27BN2O5S. The molecule has 7 nitrogen and oxygen atoms in total. The molecule has 1 aromatic heterocycles. The maximum absolute atomic E-state index is 12.0. The van der Waals surface area contributed by atoms with Crippen molar-refractivity contribution < 1.29 is 23.6 Å². The number of nitrogens with one attached hydrogen (secondary N) is 1. The highest BCUT2D eigenvalue weighted by Gasteiger charge is 2.52. The minimum Gasteiger partial charge on any atom is -0.444 e. The van der Waals surface area contributed by atoms with Gasteiger partial charge in [0.25, 0.3) is 0 Å². The molecule has 0 bridgehead atoms. The van der Waals surface area contributed by atoms with Crippen LogP contribution in [0.4, 0.5) is 4.79 Å². The van der Waals surface area contributed by atoms with Gasteiger partial charge >= 0.3 is 13.2 Å². The van der Waals surface area contributed by atoms with E-state index in [0.29, 0.717) is 22.5 Å². The molecule has 1 aliphatic rings. The molecule has 0 atom stereocenters. The van der Waals surface area contributed by atoms with Crippen molar-refractivity contribution in [3.05, 3.63) is 21.6 Å². The molecule has 2 rings (SSSR count). The van der Waals surface area contributed by atoms with Crippen LogP contribution in [0.15, 0.2) is 10.9 Å². The first-order chi connectivity index (χ1) is 12.3. The Kier molecular flexibility index (Phi) is 6.18. The number of ether oxygens (including phenoxy) is 1. The first-order valence-corrected chi connectivity index (χ1v) is 9.64. The standard InChI is InChI=1S/C18H27BN2O5S/c1-16(2,3)24-15(23)20-9-12(8-14-21-13(10-22)11-27-14)19-25-17(4,5)18(6,7)26-19/h8,10-11H,9H2,1-7H3,(H,20,23). The zero-order chi connectivity index (χ0) is 20.5. The number of carbonyl (C=O) groups is 2. The molecule has 148 valence electrons. The molecule has 2 heterocycles. The van der Waals surface area contributed by atoms with Gasteiger partial charge in [0.2, 0.25) is 0 Å². The third-order valence-electron chi connectivity index (χ3n) is 4.36. The van der Waals surface area contributed by atoms with E-state index in [1.807, 2.05) is 27.7 Å². The van der Waals surface area contributed by atoms with Gasteiger partial charge in [-0.3, -0.25) is 4.79 Å². The second kappa shape index (κ2) is 7.73. The number of aromatic nitrogens is 1. The monoisotopic (exact) mass is 394 g/mol. The van der Waals surface area contributed by atoms with Gasteiger partial charge in [-0.25, -0.2) is 9.78 Å². The highest BCUT2D eigenvalue weighted by atomic mass is 32.1. The Morgan fingerprint density at radius 2 is 1.89 bits per heavy atom. The van der Waals surface area contributed by atoms with E-state index in [4.69, 9.17) is 14.0 Å². The number of hydrogen-bond acceptors (Lipinski definition) is 7. The summed E-state index contributed by atoms with van der Waals surface area (Å²) in [5.74, 6) is 0. The topological polar surface area (TPSA) is 86.8 Å². The number of rotatable bonds is 5. The Bertz CT molecular complexity index is 720. The van der Waals surface area contributed by atoms with Crippen LogP contribution in [0.5, 0.6) is 0 Å². The Morgan fingerprint density at radius 3 is 2.37 bits per heavy atom. The van der Waals surface area contributed by atoms with Crippen molar-refractivity contribution in [1.29, 1.82) is 0 Å². The number of aldehydes is 1. The largest absolute Gasteiger partial charge is 0.492 e. The Morgan fingerprint density at radius 1 is 1.30 bits per heavy atom. The summed E-state index contributed by atoms with van der Waals surface area (Å²) in [4.78, 5) is 27.1. The minimum atomic E-state index is -0.645. The van der Waals surface area contributed by atoms with Gasteiger partial charge in [0.15, 0.2) is 6.29 Å². The van der Waals surface area contributed by atoms with Crippen LogP contribution >= 0.6 is 11.3 Å². The molecule has 1 amide bonds. The number of amides is 1. The normalized spacial score (nSPS) is 19.1. The fourth-order valence-electron chi connectivity index (χ4n) is 2.26. The molecule has 27 heavy (non-hydrogen) atoms. The second-order valence-electron chi connectivity index (χ2n) is 8.39. The van der Waals surface area contributed by atoms with Crippen LogP contribution in [-0.4, -0.2) is 47.8 Å². The Labute approximate surface area is 164 Å². The van der Waals surface area contributed by atoms with E-state index in [-0.39, 0.29) is 6.54 Å². The number of alkyl carbamates (subject to hydrolysis) is 1. The zero-order valence-corrected chi connectivity index (χ0v) is 17.7. The lowest BCUT2D eigenvalue weighted by molar-refractivity contribution is 0.00578. The number of nitrogens with zero attached hydrogens (tertiary/aromatic N) is 1. The van der Waals surface area contributed by atoms with Crippen molar-refractivity contribution in [3.63, 3.8) is 0 Å². The summed E-state index contributed by atoms with van der Waals surface area (Å²) < 4.78 is 17.5. The van der Waals surface area contributed by atoms with Crippen molar-refractivity contribution in [3.8, 4) is 0 Å². The van der Waals surface area contributed by atoms with E-state index >= 15 is 0 Å². The highest BCUT2D eigenvalue weighted by Crippen LogP contribution is 2.38. The third kappa shape index (κ3) is 5.63. The molecule has 0 aromatic carbocycles. The number of thiazole rings is 1. The lowest BCUT2D eigenvalue weighted by atomic mass is 9.77. The van der Waals surface area contributed by atoms with Gasteiger partial charge in [0, 0.05) is 11.9 Å². The van der Waals surface area contributed by atoms with E-state index in [1.54, 1.807) is 32.2 Å². The van der Waals surface area contributed by atoms with Crippen LogP contribution in [0.3, 0.4) is 0 Å². The van der Waals surface area contributed by atoms with E-state index in [9.17, 15) is 9.59 Å². The van der Waals surface area contributed by atoms with Crippen LogP contribution in [0.2, 0.25) is 0 Å². The third-order valence-corrected chi connectivity index (χ3v) is 5.17. The summed E-state index contributed by atoms with van der Waals surface area (Å²) in [6.07, 6.45) is 1.94. The molecule has 0 unspecified atom stereocenters. The molecule has 1 N–H and O–H groups in total. The fraction of sp³-hybridized carbons (Fsp3) is 0.611.